The van der Waals surface area contributed by atoms with E-state index in [0.29, 0.717) is 12.3 Å². The molecule has 2 aliphatic heterocycles. The van der Waals surface area contributed by atoms with E-state index in [1.807, 2.05) is 47.4 Å². The molecule has 2 atom stereocenters. The molecule has 1 aliphatic carbocycles. The summed E-state index contributed by atoms with van der Waals surface area (Å²) in [5.74, 6) is 1.03. The Morgan fingerprint density at radius 1 is 0.972 bits per heavy atom. The summed E-state index contributed by atoms with van der Waals surface area (Å²) in [7, 11) is 0. The number of amides is 2. The first-order valence-corrected chi connectivity index (χ1v) is 13.2. The summed E-state index contributed by atoms with van der Waals surface area (Å²) >= 11 is 0. The zero-order valence-corrected chi connectivity index (χ0v) is 20.9. The van der Waals surface area contributed by atoms with Crippen molar-refractivity contribution in [3.63, 3.8) is 0 Å². The molecule has 2 aromatic carbocycles. The average Bonchev–Trinajstić information content (AvgIpc) is 3.56. The van der Waals surface area contributed by atoms with Crippen molar-refractivity contribution in [2.24, 2.45) is 16.8 Å². The van der Waals surface area contributed by atoms with Crippen LogP contribution in [0.15, 0.2) is 59.6 Å². The second kappa shape index (κ2) is 10.8. The Morgan fingerprint density at radius 3 is 2.33 bits per heavy atom. The van der Waals surface area contributed by atoms with Crippen molar-refractivity contribution in [1.29, 1.82) is 0 Å². The molecule has 1 saturated heterocycles. The van der Waals surface area contributed by atoms with Crippen LogP contribution in [0, 0.1) is 11.8 Å². The topological polar surface area (TPSA) is 76.0 Å². The van der Waals surface area contributed by atoms with Crippen LogP contribution in [-0.4, -0.2) is 47.6 Å². The number of hydrogen-bond acceptors (Lipinski definition) is 4. The molecule has 0 unspecified atom stereocenters. The zero-order valence-electron chi connectivity index (χ0n) is 20.9. The predicted molar refractivity (Wildman–Crippen MR) is 138 cm³/mol. The number of carbonyl (C=O) groups is 3. The maximum atomic E-state index is 13.8. The molecule has 3 aliphatic rings. The number of carbonyl (C=O) groups excluding carboxylic acids is 3. The minimum absolute atomic E-state index is 0.0184. The van der Waals surface area contributed by atoms with Crippen LogP contribution in [0.25, 0.3) is 0 Å². The maximum Gasteiger partial charge on any atom is 0.434 e. The van der Waals surface area contributed by atoms with E-state index in [1.165, 1.54) is 6.42 Å². The standard InChI is InChI=1S/C30H34N2O4/c1-2-20-8-14-24(15-9-20)29(34)32-17-16-25(22-6-4-3-5-7-22)28(32)27(33)18-21-10-12-23(13-11-21)26-19-36-30(35)31-26/h3-7,10-13,20,24-25,28H,2,8-9,14-19H2,1H3/t20?,24?,25-,28-/m0/s1. The van der Waals surface area contributed by atoms with Crippen molar-refractivity contribution < 1.29 is 19.1 Å². The van der Waals surface area contributed by atoms with Gasteiger partial charge in [-0.05, 0) is 54.7 Å². The van der Waals surface area contributed by atoms with E-state index in [4.69, 9.17) is 4.74 Å². The average molecular weight is 487 g/mol. The van der Waals surface area contributed by atoms with Gasteiger partial charge in [0, 0.05) is 24.8 Å². The molecule has 0 radical (unpaired) electrons. The van der Waals surface area contributed by atoms with Crippen molar-refractivity contribution in [3.05, 3.63) is 71.3 Å². The molecular formula is C30H34N2O4. The number of Topliss-reactive ketones (excluding diaryl/α,β-unsaturated/α-hetero) is 1. The van der Waals surface area contributed by atoms with Crippen LogP contribution in [0.4, 0.5) is 4.79 Å². The monoisotopic (exact) mass is 486 g/mol. The number of aliphatic imine (C=N–C) groups is 1. The van der Waals surface area contributed by atoms with Crippen LogP contribution < -0.4 is 0 Å². The normalized spacial score (nSPS) is 26.0. The van der Waals surface area contributed by atoms with Gasteiger partial charge in [0.05, 0.1) is 11.8 Å². The van der Waals surface area contributed by atoms with E-state index < -0.39 is 12.1 Å². The van der Waals surface area contributed by atoms with Crippen LogP contribution in [-0.2, 0) is 20.7 Å². The van der Waals surface area contributed by atoms with E-state index in [9.17, 15) is 14.4 Å². The van der Waals surface area contributed by atoms with Gasteiger partial charge >= 0.3 is 6.09 Å². The van der Waals surface area contributed by atoms with E-state index in [1.54, 1.807) is 0 Å². The lowest BCUT2D eigenvalue weighted by atomic mass is 9.80. The number of rotatable bonds is 7. The minimum atomic E-state index is -0.564. The Kier molecular flexibility index (Phi) is 7.30. The van der Waals surface area contributed by atoms with E-state index >= 15 is 0 Å². The molecule has 0 N–H and O–H groups in total. The molecule has 0 bridgehead atoms. The van der Waals surface area contributed by atoms with Gasteiger partial charge in [0.1, 0.15) is 6.61 Å². The van der Waals surface area contributed by atoms with Gasteiger partial charge in [0.2, 0.25) is 5.91 Å². The second-order valence-corrected chi connectivity index (χ2v) is 10.4. The van der Waals surface area contributed by atoms with Gasteiger partial charge in [0.15, 0.2) is 5.78 Å². The molecule has 0 spiro atoms. The van der Waals surface area contributed by atoms with Crippen LogP contribution >= 0.6 is 0 Å². The third kappa shape index (κ3) is 5.13. The van der Waals surface area contributed by atoms with E-state index in [-0.39, 0.29) is 36.6 Å². The SMILES string of the molecule is CCC1CCC(C(=O)N2CC[C@@H](c3ccccc3)[C@H]2C(=O)Cc2ccc(C3=NC(=O)OC3)cc2)CC1. The highest BCUT2D eigenvalue weighted by Crippen LogP contribution is 2.38. The second-order valence-electron chi connectivity index (χ2n) is 10.4. The molecule has 1 saturated carbocycles. The molecule has 2 fully saturated rings. The Labute approximate surface area is 212 Å². The van der Waals surface area contributed by atoms with E-state index in [2.05, 4.69) is 24.0 Å². The highest BCUT2D eigenvalue weighted by molar-refractivity contribution is 6.09. The zero-order chi connectivity index (χ0) is 25.1. The number of nitrogens with zero attached hydrogens (tertiary/aromatic N) is 2. The van der Waals surface area contributed by atoms with Crippen LogP contribution in [0.1, 0.15) is 68.1 Å². The molecule has 2 heterocycles. The number of hydrogen-bond donors (Lipinski definition) is 0. The molecule has 6 nitrogen and oxygen atoms in total. The fraction of sp³-hybridized carbons (Fsp3) is 0.467. The Balaban J connectivity index is 1.34. The van der Waals surface area contributed by atoms with Crippen LogP contribution in [0.3, 0.4) is 0 Å². The molecule has 2 amide bonds. The maximum absolute atomic E-state index is 13.8. The number of benzene rings is 2. The highest BCUT2D eigenvalue weighted by atomic mass is 16.6. The number of ketones is 1. The summed E-state index contributed by atoms with van der Waals surface area (Å²) in [5.41, 5.74) is 3.44. The van der Waals surface area contributed by atoms with Crippen molar-refractivity contribution in [2.75, 3.05) is 13.2 Å². The first-order chi connectivity index (χ1) is 17.5. The van der Waals surface area contributed by atoms with Gasteiger partial charge in [-0.2, -0.15) is 4.99 Å². The smallest absolute Gasteiger partial charge is 0.434 e. The van der Waals surface area contributed by atoms with Crippen molar-refractivity contribution in [1.82, 2.24) is 4.90 Å². The fourth-order valence-electron chi connectivity index (χ4n) is 6.11. The third-order valence-corrected chi connectivity index (χ3v) is 8.24. The summed E-state index contributed by atoms with van der Waals surface area (Å²) in [6, 6.07) is 17.3. The molecule has 2 aromatic rings. The van der Waals surface area contributed by atoms with Gasteiger partial charge in [-0.25, -0.2) is 4.79 Å². The molecule has 6 heteroatoms. The lowest BCUT2D eigenvalue weighted by molar-refractivity contribution is -0.142. The lowest BCUT2D eigenvalue weighted by Gasteiger charge is -2.33. The highest BCUT2D eigenvalue weighted by Gasteiger charge is 2.44. The summed E-state index contributed by atoms with van der Waals surface area (Å²) in [6.45, 7) is 3.04. The van der Waals surface area contributed by atoms with Gasteiger partial charge in [-0.15, -0.1) is 0 Å². The Hall–Kier alpha value is -3.28. The molecule has 0 aromatic heterocycles. The molecular weight excluding hydrogens is 452 g/mol. The largest absolute Gasteiger partial charge is 0.441 e. The molecule has 188 valence electrons. The van der Waals surface area contributed by atoms with Crippen molar-refractivity contribution in [3.8, 4) is 0 Å². The third-order valence-electron chi connectivity index (χ3n) is 8.24. The molecule has 5 rings (SSSR count). The quantitative estimate of drug-likeness (QED) is 0.529. The van der Waals surface area contributed by atoms with Gasteiger partial charge < -0.3 is 9.64 Å². The Bertz CT molecular complexity index is 1130. The predicted octanol–water partition coefficient (Wildman–Crippen LogP) is 5.34. The first kappa shape index (κ1) is 24.4. The van der Waals surface area contributed by atoms with Gasteiger partial charge in [0.25, 0.3) is 0 Å². The number of ether oxygens (including phenoxy) is 1. The first-order valence-electron chi connectivity index (χ1n) is 13.2. The van der Waals surface area contributed by atoms with E-state index in [0.717, 1.165) is 54.7 Å². The van der Waals surface area contributed by atoms with Crippen LogP contribution in [0.5, 0.6) is 0 Å². The summed E-state index contributed by atoms with van der Waals surface area (Å²) < 4.78 is 4.90. The number of cyclic esters (lactones) is 1. The summed E-state index contributed by atoms with van der Waals surface area (Å²) in [5, 5.41) is 0. The summed E-state index contributed by atoms with van der Waals surface area (Å²) in [4.78, 5) is 44.5. The summed E-state index contributed by atoms with van der Waals surface area (Å²) in [6.07, 6.45) is 5.77. The van der Waals surface area contributed by atoms with Crippen LogP contribution in [0.2, 0.25) is 0 Å². The minimum Gasteiger partial charge on any atom is -0.441 e. The molecule has 36 heavy (non-hydrogen) atoms. The Morgan fingerprint density at radius 2 is 1.69 bits per heavy atom. The number of likely N-dealkylation sites (tertiary alicyclic amines) is 1. The van der Waals surface area contributed by atoms with Gasteiger partial charge in [-0.3, -0.25) is 9.59 Å². The van der Waals surface area contributed by atoms with Crippen molar-refractivity contribution in [2.45, 2.75) is 63.8 Å². The van der Waals surface area contributed by atoms with Crippen molar-refractivity contribution >= 4 is 23.5 Å². The fourth-order valence-corrected chi connectivity index (χ4v) is 6.11. The van der Waals surface area contributed by atoms with Gasteiger partial charge in [-0.1, -0.05) is 67.9 Å². The lowest BCUT2D eigenvalue weighted by Crippen LogP contribution is -2.46.